The van der Waals surface area contributed by atoms with Crippen LogP contribution < -0.4 is 0 Å². The summed E-state index contributed by atoms with van der Waals surface area (Å²) in [7, 11) is 0. The molecule has 1 aliphatic rings. The summed E-state index contributed by atoms with van der Waals surface area (Å²) in [5.74, 6) is 0.00440. The molecule has 0 radical (unpaired) electrons. The molecule has 2 heterocycles. The van der Waals surface area contributed by atoms with Crippen LogP contribution in [0.5, 0.6) is 0 Å². The second-order valence-electron chi connectivity index (χ2n) is 7.56. The van der Waals surface area contributed by atoms with Gasteiger partial charge in [-0.1, -0.05) is 17.3 Å². The number of carbonyl (C=O) groups is 2. The van der Waals surface area contributed by atoms with Crippen molar-refractivity contribution in [2.75, 3.05) is 19.7 Å². The van der Waals surface area contributed by atoms with Gasteiger partial charge in [0.05, 0.1) is 24.4 Å². The Morgan fingerprint density at radius 2 is 2.10 bits per heavy atom. The van der Waals surface area contributed by atoms with Crippen LogP contribution >= 0.6 is 0 Å². The quantitative estimate of drug-likeness (QED) is 0.533. The molecule has 8 heteroatoms. The molecule has 0 atom stereocenters. The minimum atomic E-state index is -0.296. The Labute approximate surface area is 174 Å². The number of nitrogens with zero attached hydrogens (tertiary/aromatic N) is 5. The van der Waals surface area contributed by atoms with Crippen molar-refractivity contribution in [2.24, 2.45) is 5.92 Å². The lowest BCUT2D eigenvalue weighted by molar-refractivity contribution is -0.143. The number of esters is 1. The van der Waals surface area contributed by atoms with Crippen molar-refractivity contribution in [1.82, 2.24) is 24.9 Å². The van der Waals surface area contributed by atoms with Gasteiger partial charge in [-0.05, 0) is 44.7 Å². The first kappa shape index (κ1) is 20.0. The molecule has 2 aromatic heterocycles. The van der Waals surface area contributed by atoms with Crippen molar-refractivity contribution < 1.29 is 14.3 Å². The summed E-state index contributed by atoms with van der Waals surface area (Å²) in [6.07, 6.45) is 5.93. The maximum Gasteiger partial charge on any atom is 0.307 e. The van der Waals surface area contributed by atoms with Crippen LogP contribution in [-0.2, 0) is 9.53 Å². The molecule has 0 saturated heterocycles. The van der Waals surface area contributed by atoms with E-state index < -0.39 is 0 Å². The minimum absolute atomic E-state index is 0.176. The molecule has 156 valence electrons. The molecule has 1 aromatic carbocycles. The second-order valence-corrected chi connectivity index (χ2v) is 7.56. The number of aromatic nitrogens is 4. The predicted molar refractivity (Wildman–Crippen MR) is 111 cm³/mol. The van der Waals surface area contributed by atoms with E-state index in [4.69, 9.17) is 4.74 Å². The summed E-state index contributed by atoms with van der Waals surface area (Å²) in [6, 6.07) is 7.78. The van der Waals surface area contributed by atoms with Gasteiger partial charge in [-0.15, -0.1) is 5.10 Å². The summed E-state index contributed by atoms with van der Waals surface area (Å²) >= 11 is 0. The average molecular weight is 407 g/mol. The van der Waals surface area contributed by atoms with Gasteiger partial charge in [-0.2, -0.15) is 0 Å². The SMILES string of the molecule is CCOC(=O)CCN(CC1CC1)C(=O)c1nnn(-c2cccc3cnccc23)c1C. The third-order valence-corrected chi connectivity index (χ3v) is 5.34. The van der Waals surface area contributed by atoms with Gasteiger partial charge < -0.3 is 9.64 Å². The standard InChI is InChI=1S/C22H25N5O3/c1-3-30-20(28)10-12-26(14-16-7-8-16)22(29)21-15(2)27(25-24-21)19-6-4-5-17-13-23-11-9-18(17)19/h4-6,9,11,13,16H,3,7-8,10,12,14H2,1-2H3. The van der Waals surface area contributed by atoms with Crippen LogP contribution in [0.2, 0.25) is 0 Å². The van der Waals surface area contributed by atoms with Gasteiger partial charge >= 0.3 is 5.97 Å². The van der Waals surface area contributed by atoms with Crippen LogP contribution in [0.15, 0.2) is 36.7 Å². The lowest BCUT2D eigenvalue weighted by atomic mass is 10.1. The Hall–Kier alpha value is -3.29. The van der Waals surface area contributed by atoms with Gasteiger partial charge in [0.2, 0.25) is 0 Å². The zero-order chi connectivity index (χ0) is 21.1. The van der Waals surface area contributed by atoms with Crippen LogP contribution in [0.25, 0.3) is 16.5 Å². The highest BCUT2D eigenvalue weighted by atomic mass is 16.5. The normalized spacial score (nSPS) is 13.4. The minimum Gasteiger partial charge on any atom is -0.466 e. The molecule has 0 spiro atoms. The summed E-state index contributed by atoms with van der Waals surface area (Å²) in [4.78, 5) is 30.9. The molecule has 0 N–H and O–H groups in total. The average Bonchev–Trinajstić information content (AvgIpc) is 3.50. The number of rotatable bonds is 8. The van der Waals surface area contributed by atoms with E-state index in [2.05, 4.69) is 15.3 Å². The maximum atomic E-state index is 13.3. The zero-order valence-electron chi connectivity index (χ0n) is 17.2. The Morgan fingerprint density at radius 3 is 2.87 bits per heavy atom. The number of pyridine rings is 1. The van der Waals surface area contributed by atoms with E-state index in [9.17, 15) is 9.59 Å². The molecule has 8 nitrogen and oxygen atoms in total. The number of fused-ring (bicyclic) bond motifs is 1. The Bertz CT molecular complexity index is 1070. The molecule has 4 rings (SSSR count). The molecule has 1 saturated carbocycles. The number of ether oxygens (including phenoxy) is 1. The van der Waals surface area contributed by atoms with E-state index in [1.807, 2.05) is 31.2 Å². The first-order valence-corrected chi connectivity index (χ1v) is 10.3. The molecule has 3 aromatic rings. The lowest BCUT2D eigenvalue weighted by Gasteiger charge is -2.21. The van der Waals surface area contributed by atoms with E-state index in [0.29, 0.717) is 37.0 Å². The van der Waals surface area contributed by atoms with Crippen molar-refractivity contribution in [2.45, 2.75) is 33.1 Å². The van der Waals surface area contributed by atoms with Crippen LogP contribution in [0.3, 0.4) is 0 Å². The largest absolute Gasteiger partial charge is 0.466 e. The Morgan fingerprint density at radius 1 is 1.27 bits per heavy atom. The van der Waals surface area contributed by atoms with E-state index >= 15 is 0 Å². The number of hydrogen-bond acceptors (Lipinski definition) is 6. The van der Waals surface area contributed by atoms with Gasteiger partial charge in [-0.25, -0.2) is 4.68 Å². The van der Waals surface area contributed by atoms with Crippen molar-refractivity contribution >= 4 is 22.6 Å². The Balaban J connectivity index is 1.60. The number of benzene rings is 1. The third-order valence-electron chi connectivity index (χ3n) is 5.34. The fourth-order valence-electron chi connectivity index (χ4n) is 3.54. The van der Waals surface area contributed by atoms with Crippen LogP contribution in [0.4, 0.5) is 0 Å². The maximum absolute atomic E-state index is 13.3. The molecule has 30 heavy (non-hydrogen) atoms. The zero-order valence-corrected chi connectivity index (χ0v) is 17.2. The highest BCUT2D eigenvalue weighted by Gasteiger charge is 2.30. The Kier molecular flexibility index (Phi) is 5.74. The van der Waals surface area contributed by atoms with Gasteiger partial charge in [0, 0.05) is 36.3 Å². The summed E-state index contributed by atoms with van der Waals surface area (Å²) in [5.41, 5.74) is 1.83. The number of carbonyl (C=O) groups excluding carboxylic acids is 2. The van der Waals surface area contributed by atoms with Gasteiger partial charge in [-0.3, -0.25) is 14.6 Å². The smallest absolute Gasteiger partial charge is 0.307 e. The molecule has 1 aliphatic carbocycles. The van der Waals surface area contributed by atoms with Gasteiger partial charge in [0.15, 0.2) is 5.69 Å². The topological polar surface area (TPSA) is 90.2 Å². The van der Waals surface area contributed by atoms with Crippen molar-refractivity contribution in [1.29, 1.82) is 0 Å². The number of hydrogen-bond donors (Lipinski definition) is 0. The monoisotopic (exact) mass is 407 g/mol. The molecule has 0 bridgehead atoms. The van der Waals surface area contributed by atoms with Gasteiger partial charge in [0.1, 0.15) is 0 Å². The first-order valence-electron chi connectivity index (χ1n) is 10.3. The van der Waals surface area contributed by atoms with Crippen LogP contribution in [0, 0.1) is 12.8 Å². The molecule has 0 unspecified atom stereocenters. The van der Waals surface area contributed by atoms with E-state index in [1.54, 1.807) is 28.9 Å². The van der Waals surface area contributed by atoms with E-state index in [0.717, 1.165) is 29.3 Å². The van der Waals surface area contributed by atoms with E-state index in [-0.39, 0.29) is 18.3 Å². The van der Waals surface area contributed by atoms with Crippen molar-refractivity contribution in [3.63, 3.8) is 0 Å². The van der Waals surface area contributed by atoms with Gasteiger partial charge in [0.25, 0.3) is 5.91 Å². The third kappa shape index (κ3) is 4.17. The summed E-state index contributed by atoms with van der Waals surface area (Å²) < 4.78 is 6.70. The fourth-order valence-corrected chi connectivity index (χ4v) is 3.54. The first-order chi connectivity index (χ1) is 14.6. The summed E-state index contributed by atoms with van der Waals surface area (Å²) in [6.45, 7) is 4.90. The van der Waals surface area contributed by atoms with Crippen molar-refractivity contribution in [3.8, 4) is 5.69 Å². The van der Waals surface area contributed by atoms with E-state index in [1.165, 1.54) is 0 Å². The molecular weight excluding hydrogens is 382 g/mol. The molecular formula is C22H25N5O3. The van der Waals surface area contributed by atoms with Crippen LogP contribution in [0.1, 0.15) is 42.4 Å². The number of amides is 1. The van der Waals surface area contributed by atoms with Crippen molar-refractivity contribution in [3.05, 3.63) is 48.0 Å². The van der Waals surface area contributed by atoms with Crippen LogP contribution in [-0.4, -0.2) is 56.5 Å². The lowest BCUT2D eigenvalue weighted by Crippen LogP contribution is -2.35. The molecule has 1 amide bonds. The highest BCUT2D eigenvalue weighted by molar-refractivity contribution is 5.94. The fraction of sp³-hybridized carbons (Fsp3) is 0.409. The molecule has 1 fully saturated rings. The second kappa shape index (κ2) is 8.61. The summed E-state index contributed by atoms with van der Waals surface area (Å²) in [5, 5.41) is 10.4. The molecule has 0 aliphatic heterocycles. The predicted octanol–water partition coefficient (Wildman–Crippen LogP) is 2.93. The highest BCUT2D eigenvalue weighted by Crippen LogP contribution is 2.30.